The molecule has 1 fully saturated rings. The lowest BCUT2D eigenvalue weighted by Crippen LogP contribution is -2.39. The van der Waals surface area contributed by atoms with Gasteiger partial charge in [0.1, 0.15) is 13.2 Å². The number of fused-ring (bicyclic) bond motifs is 2. The molecular weight excluding hydrogens is 498 g/mol. The summed E-state index contributed by atoms with van der Waals surface area (Å²) in [6, 6.07) is 13.4. The Bertz CT molecular complexity index is 1340. The number of esters is 1. The molecule has 1 N–H and O–H groups in total. The van der Waals surface area contributed by atoms with Crippen molar-refractivity contribution in [3.05, 3.63) is 53.6 Å². The summed E-state index contributed by atoms with van der Waals surface area (Å²) in [6.45, 7) is 5.96. The van der Waals surface area contributed by atoms with Crippen molar-refractivity contribution < 1.29 is 28.5 Å². The molecule has 0 aliphatic carbocycles. The lowest BCUT2D eigenvalue weighted by molar-refractivity contribution is -0.142. The lowest BCUT2D eigenvalue weighted by atomic mass is 9.95. The van der Waals surface area contributed by atoms with E-state index in [9.17, 15) is 9.59 Å². The van der Waals surface area contributed by atoms with Crippen LogP contribution in [0.5, 0.6) is 17.4 Å². The van der Waals surface area contributed by atoms with Crippen molar-refractivity contribution >= 4 is 28.5 Å². The largest absolute Gasteiger partial charge is 0.486 e. The molecule has 1 amide bonds. The normalized spacial score (nSPS) is 15.6. The van der Waals surface area contributed by atoms with Crippen molar-refractivity contribution in [3.63, 3.8) is 0 Å². The van der Waals surface area contributed by atoms with Gasteiger partial charge in [-0.15, -0.1) is 0 Å². The molecule has 1 aromatic heterocycles. The number of methoxy groups -OCH3 is 1. The van der Waals surface area contributed by atoms with E-state index < -0.39 is 0 Å². The van der Waals surface area contributed by atoms with Gasteiger partial charge < -0.3 is 29.2 Å². The average Bonchev–Trinajstić information content (AvgIpc) is 2.97. The average molecular weight is 534 g/mol. The molecule has 39 heavy (non-hydrogen) atoms. The van der Waals surface area contributed by atoms with Gasteiger partial charge in [0.05, 0.1) is 31.3 Å². The molecule has 0 spiro atoms. The number of amides is 1. The maximum absolute atomic E-state index is 13.2. The van der Waals surface area contributed by atoms with Gasteiger partial charge in [-0.05, 0) is 74.7 Å². The van der Waals surface area contributed by atoms with Crippen molar-refractivity contribution in [2.75, 3.05) is 51.9 Å². The highest BCUT2D eigenvalue weighted by molar-refractivity contribution is 6.03. The predicted molar refractivity (Wildman–Crippen MR) is 148 cm³/mol. The Morgan fingerprint density at radius 3 is 2.62 bits per heavy atom. The zero-order valence-corrected chi connectivity index (χ0v) is 22.5. The molecule has 2 aliphatic heterocycles. The van der Waals surface area contributed by atoms with Gasteiger partial charge in [-0.1, -0.05) is 12.1 Å². The molecule has 0 radical (unpaired) electrons. The zero-order valence-electron chi connectivity index (χ0n) is 22.5. The van der Waals surface area contributed by atoms with E-state index in [4.69, 9.17) is 18.9 Å². The summed E-state index contributed by atoms with van der Waals surface area (Å²) in [4.78, 5) is 32.3. The number of aromatic nitrogens is 1. The van der Waals surface area contributed by atoms with Crippen LogP contribution in [0.4, 0.5) is 5.69 Å². The number of hydrogen-bond acceptors (Lipinski definition) is 8. The number of benzene rings is 2. The van der Waals surface area contributed by atoms with Crippen molar-refractivity contribution in [1.82, 2.24) is 9.88 Å². The summed E-state index contributed by atoms with van der Waals surface area (Å²) in [5.74, 6) is 1.69. The molecule has 5 rings (SSSR count). The first kappa shape index (κ1) is 26.7. The van der Waals surface area contributed by atoms with Gasteiger partial charge in [-0.2, -0.15) is 0 Å². The summed E-state index contributed by atoms with van der Waals surface area (Å²) in [5.41, 5.74) is 3.23. The molecule has 3 heterocycles. The topological polar surface area (TPSA) is 99.2 Å². The molecule has 0 unspecified atom stereocenters. The molecule has 0 saturated carbocycles. The third-order valence-corrected chi connectivity index (χ3v) is 7.31. The minimum absolute atomic E-state index is 0.00875. The van der Waals surface area contributed by atoms with E-state index in [0.717, 1.165) is 61.3 Å². The number of piperidine rings is 1. The number of ether oxygens (including phenoxy) is 4. The maximum atomic E-state index is 13.2. The molecule has 0 atom stereocenters. The minimum atomic E-state index is -0.299. The summed E-state index contributed by atoms with van der Waals surface area (Å²) in [5, 5.41) is 3.88. The first-order valence-corrected chi connectivity index (χ1v) is 13.6. The smallest absolute Gasteiger partial charge is 0.310 e. The number of pyridine rings is 1. The van der Waals surface area contributed by atoms with Crippen molar-refractivity contribution in [3.8, 4) is 17.4 Å². The van der Waals surface area contributed by atoms with E-state index in [0.29, 0.717) is 36.9 Å². The Labute approximate surface area is 228 Å². The van der Waals surface area contributed by atoms with E-state index in [-0.39, 0.29) is 24.2 Å². The van der Waals surface area contributed by atoms with Crippen LogP contribution in [0.2, 0.25) is 0 Å². The second-order valence-electron chi connectivity index (χ2n) is 9.84. The number of likely N-dealkylation sites (tertiary alicyclic amines) is 1. The van der Waals surface area contributed by atoms with Crippen LogP contribution in [0, 0.1) is 5.92 Å². The van der Waals surface area contributed by atoms with Crippen LogP contribution in [0.3, 0.4) is 0 Å². The maximum Gasteiger partial charge on any atom is 0.310 e. The molecule has 1 saturated heterocycles. The summed E-state index contributed by atoms with van der Waals surface area (Å²) in [6.07, 6.45) is 2.65. The highest BCUT2D eigenvalue weighted by Gasteiger charge is 2.26. The van der Waals surface area contributed by atoms with Gasteiger partial charge in [-0.3, -0.25) is 9.59 Å². The Morgan fingerprint density at radius 2 is 1.85 bits per heavy atom. The Hall–Kier alpha value is -3.85. The number of hydrogen-bond donors (Lipinski definition) is 1. The van der Waals surface area contributed by atoms with Crippen LogP contribution in [0.25, 0.3) is 10.9 Å². The van der Waals surface area contributed by atoms with Crippen LogP contribution in [-0.4, -0.2) is 68.3 Å². The Morgan fingerprint density at radius 1 is 1.05 bits per heavy atom. The molecule has 9 nitrogen and oxygen atoms in total. The van der Waals surface area contributed by atoms with Crippen molar-refractivity contribution in [2.24, 2.45) is 5.92 Å². The van der Waals surface area contributed by atoms with E-state index >= 15 is 0 Å². The fourth-order valence-electron chi connectivity index (χ4n) is 5.18. The van der Waals surface area contributed by atoms with Crippen LogP contribution in [0.1, 0.15) is 30.9 Å². The molecule has 2 aromatic carbocycles. The molecule has 9 heteroatoms. The standard InChI is InChI=1S/C30H35N3O6/c1-3-37-28(34)19-22-5-7-24(29-23(22)6-9-27(32-29)36-2)31-30(35)21-11-14-33(15-12-21)13-10-20-4-8-25-26(18-20)39-17-16-38-25/h4-9,18,21H,3,10-17,19H2,1-2H3,(H,31,35). The summed E-state index contributed by atoms with van der Waals surface area (Å²) in [7, 11) is 1.55. The van der Waals surface area contributed by atoms with Gasteiger partial charge in [0, 0.05) is 23.9 Å². The van der Waals surface area contributed by atoms with Gasteiger partial charge in [0.2, 0.25) is 11.8 Å². The monoisotopic (exact) mass is 533 g/mol. The third kappa shape index (κ3) is 6.42. The van der Waals surface area contributed by atoms with Crippen LogP contribution in [-0.2, 0) is 27.2 Å². The van der Waals surface area contributed by atoms with Crippen LogP contribution in [0.15, 0.2) is 42.5 Å². The molecule has 2 aliphatic rings. The molecular formula is C30H35N3O6. The number of rotatable bonds is 9. The Balaban J connectivity index is 1.19. The number of carbonyl (C=O) groups is 2. The second-order valence-corrected chi connectivity index (χ2v) is 9.84. The quantitative estimate of drug-likeness (QED) is 0.412. The molecule has 3 aromatic rings. The van der Waals surface area contributed by atoms with E-state index in [1.807, 2.05) is 24.3 Å². The summed E-state index contributed by atoms with van der Waals surface area (Å²) >= 11 is 0. The zero-order chi connectivity index (χ0) is 27.2. The lowest BCUT2D eigenvalue weighted by Gasteiger charge is -2.31. The molecule has 206 valence electrons. The number of anilines is 1. The Kier molecular flexibility index (Phi) is 8.46. The number of nitrogens with one attached hydrogen (secondary N) is 1. The van der Waals surface area contributed by atoms with Gasteiger partial charge >= 0.3 is 5.97 Å². The second kappa shape index (κ2) is 12.3. The first-order valence-electron chi connectivity index (χ1n) is 13.6. The third-order valence-electron chi connectivity index (χ3n) is 7.31. The minimum Gasteiger partial charge on any atom is -0.486 e. The predicted octanol–water partition coefficient (Wildman–Crippen LogP) is 4.01. The van der Waals surface area contributed by atoms with E-state index in [2.05, 4.69) is 27.3 Å². The number of carbonyl (C=O) groups excluding carboxylic acids is 2. The van der Waals surface area contributed by atoms with Crippen molar-refractivity contribution in [1.29, 1.82) is 0 Å². The van der Waals surface area contributed by atoms with E-state index in [1.54, 1.807) is 20.1 Å². The van der Waals surface area contributed by atoms with Crippen molar-refractivity contribution in [2.45, 2.75) is 32.6 Å². The fourth-order valence-corrected chi connectivity index (χ4v) is 5.18. The highest BCUT2D eigenvalue weighted by Crippen LogP contribution is 2.32. The summed E-state index contributed by atoms with van der Waals surface area (Å²) < 4.78 is 21.8. The van der Waals surface area contributed by atoms with Gasteiger partial charge in [0.15, 0.2) is 11.5 Å². The van der Waals surface area contributed by atoms with E-state index in [1.165, 1.54) is 5.56 Å². The number of nitrogens with zero attached hydrogens (tertiary/aromatic N) is 2. The van der Waals surface area contributed by atoms with Crippen LogP contribution < -0.4 is 19.5 Å². The first-order chi connectivity index (χ1) is 19.0. The van der Waals surface area contributed by atoms with Gasteiger partial charge in [-0.25, -0.2) is 4.98 Å². The highest BCUT2D eigenvalue weighted by atomic mass is 16.6. The fraction of sp³-hybridized carbons (Fsp3) is 0.433. The molecule has 0 bridgehead atoms. The van der Waals surface area contributed by atoms with Crippen LogP contribution >= 0.6 is 0 Å². The SMILES string of the molecule is CCOC(=O)Cc1ccc(NC(=O)C2CCN(CCc3ccc4c(c3)OCCO4)CC2)c2nc(OC)ccc12. The van der Waals surface area contributed by atoms with Gasteiger partial charge in [0.25, 0.3) is 0 Å².